The van der Waals surface area contributed by atoms with Gasteiger partial charge in [-0.05, 0) is 28.9 Å². The minimum absolute atomic E-state index is 0.0211. The molecule has 30 heavy (non-hydrogen) atoms. The monoisotopic (exact) mass is 469 g/mol. The molecule has 1 unspecified atom stereocenters. The molecule has 0 amide bonds. The van der Waals surface area contributed by atoms with Crippen LogP contribution < -0.4 is 33.7 Å². The zero-order chi connectivity index (χ0) is 22.1. The van der Waals surface area contributed by atoms with Gasteiger partial charge in [-0.2, -0.15) is 0 Å². The first-order chi connectivity index (χ1) is 14.2. The number of pyridine rings is 1. The molecule has 0 aliphatic heterocycles. The lowest BCUT2D eigenvalue weighted by Crippen LogP contribution is -2.29. The predicted octanol–water partition coefficient (Wildman–Crippen LogP) is -1.26. The van der Waals surface area contributed by atoms with E-state index in [2.05, 4.69) is 15.1 Å². The first-order valence-corrected chi connectivity index (χ1v) is 11.9. The second-order valence-corrected chi connectivity index (χ2v) is 10.0. The molecule has 0 fully saturated rings. The van der Waals surface area contributed by atoms with Crippen LogP contribution in [0.3, 0.4) is 0 Å². The Labute approximate surface area is 178 Å². The van der Waals surface area contributed by atoms with Crippen LogP contribution in [0, 0.1) is 0 Å². The number of hydrogen-bond donors (Lipinski definition) is 6. The molecular weight excluding hydrogens is 450 g/mol. The number of thiazole rings is 1. The fraction of sp³-hybridized carbons (Fsp3) is 0.133. The summed E-state index contributed by atoms with van der Waals surface area (Å²) < 4.78 is 38.4. The van der Waals surface area contributed by atoms with Gasteiger partial charge in [0.05, 0.1) is 15.8 Å². The summed E-state index contributed by atoms with van der Waals surface area (Å²) in [7, 11) is -4.40. The molecule has 3 rings (SSSR count). The van der Waals surface area contributed by atoms with E-state index in [9.17, 15) is 13.0 Å². The average Bonchev–Trinajstić information content (AvgIpc) is 3.06. The number of primary sulfonamides is 1. The van der Waals surface area contributed by atoms with E-state index in [1.807, 2.05) is 5.53 Å². The van der Waals surface area contributed by atoms with Crippen LogP contribution in [0.25, 0.3) is 21.3 Å². The first kappa shape index (κ1) is 22.2. The number of fused-ring (bicyclic) bond motifs is 1. The van der Waals surface area contributed by atoms with E-state index in [1.54, 1.807) is 12.3 Å². The van der Waals surface area contributed by atoms with E-state index < -0.39 is 26.1 Å². The maximum absolute atomic E-state index is 12.7. The van der Waals surface area contributed by atoms with Gasteiger partial charge in [-0.3, -0.25) is 4.98 Å². The molecule has 0 saturated heterocycles. The summed E-state index contributed by atoms with van der Waals surface area (Å²) >= 11 is -0.541. The van der Waals surface area contributed by atoms with E-state index in [4.69, 9.17) is 28.2 Å². The number of nitrogens with one attached hydrogen (secondary N) is 1. The lowest BCUT2D eigenvalue weighted by atomic mass is 9.99. The fourth-order valence-electron chi connectivity index (χ4n) is 2.91. The Hall–Kier alpha value is -2.53. The third-order valence-corrected chi connectivity index (χ3v) is 7.39. The van der Waals surface area contributed by atoms with Crippen LogP contribution >= 0.6 is 11.3 Å². The molecule has 0 aliphatic carbocycles. The number of hydrazine groups is 1. The van der Waals surface area contributed by atoms with Crippen molar-refractivity contribution in [1.29, 1.82) is 0 Å². The number of aromatic nitrogens is 2. The smallest absolute Gasteiger partial charge is 0.243 e. The Kier molecular flexibility index (Phi) is 6.41. The number of nitrogens with two attached hydrogens (primary N) is 5. The summed E-state index contributed by atoms with van der Waals surface area (Å²) in [5.74, 6) is 4.97. The van der Waals surface area contributed by atoms with Gasteiger partial charge in [0.25, 0.3) is 0 Å². The van der Waals surface area contributed by atoms with E-state index in [0.717, 1.165) is 0 Å². The topological polar surface area (TPSA) is 237 Å². The summed E-state index contributed by atoms with van der Waals surface area (Å²) in [6.45, 7) is 0.0724. The summed E-state index contributed by atoms with van der Waals surface area (Å²) in [6, 6.07) is 2.93. The van der Waals surface area contributed by atoms with Crippen molar-refractivity contribution < 1.29 is 13.0 Å². The molecule has 3 aromatic rings. The summed E-state index contributed by atoms with van der Waals surface area (Å²) in [6.07, 6.45) is 3.06. The lowest BCUT2D eigenvalue weighted by Gasteiger charge is -2.18. The van der Waals surface area contributed by atoms with Crippen LogP contribution in [0.4, 0.5) is 5.13 Å². The highest BCUT2D eigenvalue weighted by molar-refractivity contribution is 7.93. The molecule has 0 saturated carbocycles. The first-order valence-electron chi connectivity index (χ1n) is 8.26. The minimum atomic E-state index is -4.40. The zero-order valence-electron chi connectivity index (χ0n) is 15.4. The van der Waals surface area contributed by atoms with Crippen molar-refractivity contribution >= 4 is 53.7 Å². The number of hydrogen-bond acceptors (Lipinski definition) is 11. The molecule has 12 nitrogen and oxygen atoms in total. The number of sulfonamides is 1. The standard InChI is InChI=1S/C15H19N9O3S3/c16-3-4-29(25)10-2-1-7(8-5-21-6-9-12(8)22-15(18)28-9)11(14(17)23-24-19)13(10)30(20,26)27/h1-2,5-6,24H,3-4,16,19H2,(H2,17,23)(H2,18,22)(H2,20,26,27). The third-order valence-electron chi connectivity index (χ3n) is 4.01. The Morgan fingerprint density at radius 2 is 2.03 bits per heavy atom. The molecule has 2 aromatic heterocycles. The number of anilines is 1. The highest BCUT2D eigenvalue weighted by Crippen LogP contribution is 2.37. The second-order valence-electron chi connectivity index (χ2n) is 5.91. The molecule has 15 heteroatoms. The van der Waals surface area contributed by atoms with Crippen molar-refractivity contribution in [2.75, 3.05) is 18.0 Å². The maximum atomic E-state index is 12.7. The molecule has 1 atom stereocenters. The van der Waals surface area contributed by atoms with Crippen molar-refractivity contribution in [2.24, 2.45) is 27.6 Å². The molecule has 1 aromatic carbocycles. The Morgan fingerprint density at radius 1 is 1.30 bits per heavy atom. The van der Waals surface area contributed by atoms with Gasteiger partial charge in [-0.15, -0.1) is 5.10 Å². The second kappa shape index (κ2) is 8.68. The Bertz CT molecular complexity index is 1230. The SMILES string of the molecule is NCC[S+]([O-])c1ccc(-c2cncc3sc(N)nc23)c(/C(N)=N/NN)c1S(N)(=O)=O. The Morgan fingerprint density at radius 3 is 2.67 bits per heavy atom. The van der Waals surface area contributed by atoms with Gasteiger partial charge in [-0.25, -0.2) is 29.9 Å². The van der Waals surface area contributed by atoms with Gasteiger partial charge in [0, 0.05) is 24.5 Å². The van der Waals surface area contributed by atoms with Crippen molar-refractivity contribution in [3.8, 4) is 11.1 Å². The van der Waals surface area contributed by atoms with Crippen molar-refractivity contribution in [3.63, 3.8) is 0 Å². The number of benzene rings is 1. The quantitative estimate of drug-likeness (QED) is 0.0788. The normalized spacial score (nSPS) is 13.5. The van der Waals surface area contributed by atoms with E-state index >= 15 is 0 Å². The molecule has 2 heterocycles. The number of nitrogens with zero attached hydrogens (tertiary/aromatic N) is 3. The van der Waals surface area contributed by atoms with Crippen LogP contribution in [0.1, 0.15) is 5.56 Å². The third kappa shape index (κ3) is 4.17. The van der Waals surface area contributed by atoms with E-state index in [-0.39, 0.29) is 28.6 Å². The summed E-state index contributed by atoms with van der Waals surface area (Å²) in [5.41, 5.74) is 20.5. The summed E-state index contributed by atoms with van der Waals surface area (Å²) in [5, 5.41) is 9.49. The van der Waals surface area contributed by atoms with Gasteiger partial charge in [-0.1, -0.05) is 11.3 Å². The predicted molar refractivity (Wildman–Crippen MR) is 117 cm³/mol. The largest absolute Gasteiger partial charge is 0.611 e. The number of rotatable bonds is 7. The van der Waals surface area contributed by atoms with Gasteiger partial charge in [0.15, 0.2) is 15.9 Å². The van der Waals surface area contributed by atoms with Gasteiger partial charge in [0.1, 0.15) is 10.6 Å². The van der Waals surface area contributed by atoms with Crippen LogP contribution in [0.2, 0.25) is 0 Å². The van der Waals surface area contributed by atoms with Crippen LogP contribution in [0.15, 0.2) is 39.4 Å². The van der Waals surface area contributed by atoms with Crippen molar-refractivity contribution in [2.45, 2.75) is 9.79 Å². The fourth-order valence-corrected chi connectivity index (χ4v) is 6.08. The molecule has 0 radical (unpaired) electrons. The highest BCUT2D eigenvalue weighted by atomic mass is 32.2. The van der Waals surface area contributed by atoms with Crippen LogP contribution in [0.5, 0.6) is 0 Å². The molecule has 160 valence electrons. The molecule has 0 bridgehead atoms. The molecule has 0 aliphatic rings. The molecular formula is C15H19N9O3S3. The van der Waals surface area contributed by atoms with E-state index in [0.29, 0.717) is 26.5 Å². The van der Waals surface area contributed by atoms with E-state index in [1.165, 1.54) is 23.6 Å². The van der Waals surface area contributed by atoms with Gasteiger partial charge in [0.2, 0.25) is 10.0 Å². The number of hydrazone groups is 1. The maximum Gasteiger partial charge on any atom is 0.243 e. The Balaban J connectivity index is 2.46. The molecule has 11 N–H and O–H groups in total. The van der Waals surface area contributed by atoms with Gasteiger partial charge < -0.3 is 21.8 Å². The van der Waals surface area contributed by atoms with Crippen molar-refractivity contribution in [1.82, 2.24) is 15.5 Å². The highest BCUT2D eigenvalue weighted by Gasteiger charge is 2.31. The van der Waals surface area contributed by atoms with Crippen LogP contribution in [-0.4, -0.2) is 41.1 Å². The zero-order valence-corrected chi connectivity index (χ0v) is 17.9. The summed E-state index contributed by atoms with van der Waals surface area (Å²) in [4.78, 5) is 7.97. The van der Waals surface area contributed by atoms with Crippen LogP contribution in [-0.2, 0) is 21.2 Å². The number of amidine groups is 1. The average molecular weight is 470 g/mol. The lowest BCUT2D eigenvalue weighted by molar-refractivity contribution is 0.583. The van der Waals surface area contributed by atoms with Crippen molar-refractivity contribution in [3.05, 3.63) is 30.1 Å². The minimum Gasteiger partial charge on any atom is -0.611 e. The number of nitrogen functional groups attached to an aromatic ring is 1. The van der Waals surface area contributed by atoms with Gasteiger partial charge >= 0.3 is 0 Å². The molecule has 0 spiro atoms.